The van der Waals surface area contributed by atoms with Crippen molar-refractivity contribution >= 4 is 17.7 Å². The summed E-state index contributed by atoms with van der Waals surface area (Å²) in [5.74, 6) is -0.158. The third-order valence-electron chi connectivity index (χ3n) is 1.70. The molecule has 1 atom stereocenters. The van der Waals surface area contributed by atoms with Crippen molar-refractivity contribution in [1.29, 1.82) is 0 Å². The van der Waals surface area contributed by atoms with Gasteiger partial charge in [-0.25, -0.2) is 0 Å². The lowest BCUT2D eigenvalue weighted by molar-refractivity contribution is -0.129. The van der Waals surface area contributed by atoms with Crippen LogP contribution in [0, 0.1) is 0 Å². The van der Waals surface area contributed by atoms with E-state index in [0.29, 0.717) is 13.0 Å². The van der Waals surface area contributed by atoms with E-state index in [0.717, 1.165) is 11.8 Å². The standard InChI is InChI=1S/C7H10F3NOS/c8-7(9,10)2-4-13-5-1-3-11-6(5)12/h5H,1-4H2,(H,11,12). The van der Waals surface area contributed by atoms with Crippen LogP contribution >= 0.6 is 11.8 Å². The first-order valence-corrected chi connectivity index (χ1v) is 5.00. The molecule has 0 saturated carbocycles. The normalized spacial score (nSPS) is 23.3. The molecule has 1 aliphatic heterocycles. The molecule has 0 aromatic carbocycles. The Labute approximate surface area is 78.3 Å². The molecule has 1 saturated heterocycles. The minimum absolute atomic E-state index is 0.0262. The molecule has 0 aliphatic carbocycles. The van der Waals surface area contributed by atoms with Crippen molar-refractivity contribution in [3.63, 3.8) is 0 Å². The molecule has 0 aromatic heterocycles. The molecule has 13 heavy (non-hydrogen) atoms. The molecule has 1 unspecified atom stereocenters. The molecule has 0 spiro atoms. The van der Waals surface area contributed by atoms with Crippen molar-refractivity contribution in [2.24, 2.45) is 0 Å². The first-order chi connectivity index (χ1) is 5.99. The van der Waals surface area contributed by atoms with E-state index in [-0.39, 0.29) is 16.9 Å². The lowest BCUT2D eigenvalue weighted by atomic mass is 10.4. The molecule has 0 bridgehead atoms. The maximum Gasteiger partial charge on any atom is 0.389 e. The Morgan fingerprint density at radius 2 is 2.23 bits per heavy atom. The van der Waals surface area contributed by atoms with Crippen LogP contribution in [-0.4, -0.2) is 29.6 Å². The fraction of sp³-hybridized carbons (Fsp3) is 0.857. The summed E-state index contributed by atoms with van der Waals surface area (Å²) in [5, 5.41) is 2.30. The van der Waals surface area contributed by atoms with E-state index < -0.39 is 12.6 Å². The molecule has 6 heteroatoms. The summed E-state index contributed by atoms with van der Waals surface area (Å²) >= 11 is 1.09. The summed E-state index contributed by atoms with van der Waals surface area (Å²) in [5.41, 5.74) is 0. The highest BCUT2D eigenvalue weighted by Crippen LogP contribution is 2.25. The van der Waals surface area contributed by atoms with Crippen LogP contribution < -0.4 is 5.32 Å². The van der Waals surface area contributed by atoms with Crippen molar-refractivity contribution < 1.29 is 18.0 Å². The SMILES string of the molecule is O=C1NCCC1SCCC(F)(F)F. The Bertz CT molecular complexity index is 195. The van der Waals surface area contributed by atoms with E-state index >= 15 is 0 Å². The van der Waals surface area contributed by atoms with Gasteiger partial charge < -0.3 is 5.32 Å². The summed E-state index contributed by atoms with van der Waals surface area (Å²) < 4.78 is 35.1. The zero-order valence-corrected chi connectivity index (χ0v) is 7.67. The molecule has 1 N–H and O–H groups in total. The van der Waals surface area contributed by atoms with E-state index in [1.807, 2.05) is 0 Å². The van der Waals surface area contributed by atoms with Crippen LogP contribution in [-0.2, 0) is 4.79 Å². The number of amides is 1. The highest BCUT2D eigenvalue weighted by Gasteiger charge is 2.29. The molecule has 1 heterocycles. The third-order valence-corrected chi connectivity index (χ3v) is 2.99. The van der Waals surface area contributed by atoms with Gasteiger partial charge in [-0.15, -0.1) is 11.8 Å². The molecule has 0 radical (unpaired) electrons. The predicted molar refractivity (Wildman–Crippen MR) is 44.5 cm³/mol. The molecule has 76 valence electrons. The molecule has 1 rings (SSSR count). The lowest BCUT2D eigenvalue weighted by Crippen LogP contribution is -2.21. The second-order valence-corrected chi connectivity index (χ2v) is 4.11. The zero-order chi connectivity index (χ0) is 9.90. The lowest BCUT2D eigenvalue weighted by Gasteiger charge is -2.08. The second-order valence-electron chi connectivity index (χ2n) is 2.80. The van der Waals surface area contributed by atoms with Gasteiger partial charge in [-0.05, 0) is 6.42 Å². The number of halogens is 3. The van der Waals surface area contributed by atoms with Gasteiger partial charge in [0.2, 0.25) is 5.91 Å². The molecule has 1 aliphatic rings. The van der Waals surface area contributed by atoms with E-state index in [2.05, 4.69) is 5.32 Å². The van der Waals surface area contributed by atoms with E-state index in [4.69, 9.17) is 0 Å². The van der Waals surface area contributed by atoms with Crippen LogP contribution in [0.4, 0.5) is 13.2 Å². The first-order valence-electron chi connectivity index (χ1n) is 3.95. The summed E-state index contributed by atoms with van der Waals surface area (Å²) in [6.07, 6.45) is -4.29. The Kier molecular flexibility index (Phi) is 3.47. The van der Waals surface area contributed by atoms with Gasteiger partial charge in [-0.2, -0.15) is 13.2 Å². The topological polar surface area (TPSA) is 29.1 Å². The number of alkyl halides is 3. The average Bonchev–Trinajstić information content (AvgIpc) is 2.34. The van der Waals surface area contributed by atoms with Gasteiger partial charge in [0.15, 0.2) is 0 Å². The number of carbonyl (C=O) groups excluding carboxylic acids is 1. The highest BCUT2D eigenvalue weighted by molar-refractivity contribution is 8.00. The van der Waals surface area contributed by atoms with E-state index in [1.165, 1.54) is 0 Å². The number of rotatable bonds is 3. The van der Waals surface area contributed by atoms with Gasteiger partial charge >= 0.3 is 6.18 Å². The van der Waals surface area contributed by atoms with Crippen molar-refractivity contribution in [2.45, 2.75) is 24.3 Å². The third kappa shape index (κ3) is 3.89. The summed E-state index contributed by atoms with van der Waals surface area (Å²) in [6.45, 7) is 0.586. The van der Waals surface area contributed by atoms with Crippen molar-refractivity contribution in [2.75, 3.05) is 12.3 Å². The van der Waals surface area contributed by atoms with Crippen LogP contribution in [0.15, 0.2) is 0 Å². The van der Waals surface area contributed by atoms with Crippen LogP contribution in [0.2, 0.25) is 0 Å². The Morgan fingerprint density at radius 1 is 1.54 bits per heavy atom. The van der Waals surface area contributed by atoms with Gasteiger partial charge in [0.1, 0.15) is 0 Å². The van der Waals surface area contributed by atoms with Crippen molar-refractivity contribution in [3.8, 4) is 0 Å². The quantitative estimate of drug-likeness (QED) is 0.770. The van der Waals surface area contributed by atoms with Gasteiger partial charge in [0, 0.05) is 12.3 Å². The molecule has 1 amide bonds. The number of nitrogens with one attached hydrogen (secondary N) is 1. The van der Waals surface area contributed by atoms with Gasteiger partial charge in [0.05, 0.1) is 11.7 Å². The summed E-state index contributed by atoms with van der Waals surface area (Å²) in [4.78, 5) is 10.9. The number of thioether (sulfide) groups is 1. The van der Waals surface area contributed by atoms with Gasteiger partial charge in [-0.1, -0.05) is 0 Å². The minimum Gasteiger partial charge on any atom is -0.355 e. The smallest absolute Gasteiger partial charge is 0.355 e. The Morgan fingerprint density at radius 3 is 2.69 bits per heavy atom. The number of hydrogen-bond acceptors (Lipinski definition) is 2. The summed E-state index contributed by atoms with van der Waals surface area (Å²) in [6, 6.07) is 0. The van der Waals surface area contributed by atoms with Crippen LogP contribution in [0.3, 0.4) is 0 Å². The predicted octanol–water partition coefficient (Wildman–Crippen LogP) is 1.56. The maximum atomic E-state index is 11.7. The highest BCUT2D eigenvalue weighted by atomic mass is 32.2. The molecule has 1 fully saturated rings. The van der Waals surface area contributed by atoms with Crippen LogP contribution in [0.5, 0.6) is 0 Å². The first kappa shape index (κ1) is 10.7. The number of carbonyl (C=O) groups is 1. The van der Waals surface area contributed by atoms with Gasteiger partial charge in [-0.3, -0.25) is 4.79 Å². The largest absolute Gasteiger partial charge is 0.389 e. The second kappa shape index (κ2) is 4.21. The fourth-order valence-corrected chi connectivity index (χ4v) is 2.20. The number of hydrogen-bond donors (Lipinski definition) is 1. The average molecular weight is 213 g/mol. The van der Waals surface area contributed by atoms with Crippen LogP contribution in [0.25, 0.3) is 0 Å². The monoisotopic (exact) mass is 213 g/mol. The zero-order valence-electron chi connectivity index (χ0n) is 6.86. The Hall–Kier alpha value is -0.390. The molecule has 0 aromatic rings. The van der Waals surface area contributed by atoms with Crippen LogP contribution in [0.1, 0.15) is 12.8 Å². The Balaban J connectivity index is 2.16. The van der Waals surface area contributed by atoms with E-state index in [9.17, 15) is 18.0 Å². The molecular formula is C7H10F3NOS. The fourth-order valence-electron chi connectivity index (χ4n) is 1.05. The maximum absolute atomic E-state index is 11.7. The molecule has 2 nitrogen and oxygen atoms in total. The van der Waals surface area contributed by atoms with E-state index in [1.54, 1.807) is 0 Å². The van der Waals surface area contributed by atoms with Crippen molar-refractivity contribution in [1.82, 2.24) is 5.32 Å². The summed E-state index contributed by atoms with van der Waals surface area (Å²) in [7, 11) is 0. The van der Waals surface area contributed by atoms with Gasteiger partial charge in [0.25, 0.3) is 0 Å². The van der Waals surface area contributed by atoms with Crippen molar-refractivity contribution in [3.05, 3.63) is 0 Å². The molecular weight excluding hydrogens is 203 g/mol. The minimum atomic E-state index is -4.11.